The van der Waals surface area contributed by atoms with E-state index in [1.54, 1.807) is 60.7 Å². The number of rotatable bonds is 3. The Morgan fingerprint density at radius 3 is 1.38 bits per heavy atom. The van der Waals surface area contributed by atoms with Crippen LogP contribution in [-0.2, 0) is 16.8 Å². The van der Waals surface area contributed by atoms with Crippen molar-refractivity contribution < 1.29 is 27.0 Å². The molecule has 0 bridgehead atoms. The zero-order valence-electron chi connectivity index (χ0n) is 11.2. The molecule has 0 aliphatic carbocycles. The quantitative estimate of drug-likeness (QED) is 0.651. The zero-order chi connectivity index (χ0) is 14.5. The van der Waals surface area contributed by atoms with Crippen LogP contribution >= 0.6 is 0 Å². The molecule has 5 heteroatoms. The van der Waals surface area contributed by atoms with Gasteiger partial charge in [-0.15, -0.1) is 0 Å². The first kappa shape index (κ1) is 16.7. The van der Waals surface area contributed by atoms with Crippen molar-refractivity contribution in [2.45, 2.75) is 0 Å². The Balaban J connectivity index is 0.00000220. The summed E-state index contributed by atoms with van der Waals surface area (Å²) in [6.07, 6.45) is 3.17. The van der Waals surface area contributed by atoms with Crippen molar-refractivity contribution in [3.05, 3.63) is 71.1 Å². The summed E-state index contributed by atoms with van der Waals surface area (Å²) in [6, 6.07) is 13.6. The van der Waals surface area contributed by atoms with Crippen molar-refractivity contribution >= 4 is 12.2 Å². The van der Waals surface area contributed by atoms with Crippen molar-refractivity contribution in [2.75, 3.05) is 0 Å². The van der Waals surface area contributed by atoms with Gasteiger partial charge < -0.3 is 21.7 Å². The summed E-state index contributed by atoms with van der Waals surface area (Å²) in [7, 11) is 0. The SMILES string of the molecule is NC(=Cc1ccccc1O)C(N)=Cc1ccccc1O.[Co]. The van der Waals surface area contributed by atoms with Crippen LogP contribution in [0.1, 0.15) is 11.1 Å². The molecule has 0 aliphatic heterocycles. The molecule has 0 saturated carbocycles. The van der Waals surface area contributed by atoms with Gasteiger partial charge in [0.1, 0.15) is 11.5 Å². The van der Waals surface area contributed by atoms with E-state index >= 15 is 0 Å². The van der Waals surface area contributed by atoms with E-state index < -0.39 is 0 Å². The first-order valence-corrected chi connectivity index (χ1v) is 6.08. The molecular weight excluding hydrogens is 311 g/mol. The average molecular weight is 327 g/mol. The van der Waals surface area contributed by atoms with Crippen LogP contribution in [0.3, 0.4) is 0 Å². The second kappa shape index (κ2) is 7.42. The van der Waals surface area contributed by atoms with Gasteiger partial charge in [0, 0.05) is 27.9 Å². The average Bonchev–Trinajstić information content (AvgIpc) is 2.43. The minimum absolute atomic E-state index is 0. The Morgan fingerprint density at radius 2 is 1.05 bits per heavy atom. The van der Waals surface area contributed by atoms with Gasteiger partial charge in [-0.3, -0.25) is 0 Å². The van der Waals surface area contributed by atoms with E-state index in [2.05, 4.69) is 0 Å². The van der Waals surface area contributed by atoms with Gasteiger partial charge in [-0.1, -0.05) is 36.4 Å². The fourth-order valence-corrected chi connectivity index (χ4v) is 1.72. The molecule has 0 heterocycles. The Morgan fingerprint density at radius 1 is 0.714 bits per heavy atom. The van der Waals surface area contributed by atoms with E-state index in [-0.39, 0.29) is 28.3 Å². The van der Waals surface area contributed by atoms with Crippen LogP contribution in [0.25, 0.3) is 12.2 Å². The third-order valence-corrected chi connectivity index (χ3v) is 2.83. The fourth-order valence-electron chi connectivity index (χ4n) is 1.72. The van der Waals surface area contributed by atoms with Crippen LogP contribution in [0.5, 0.6) is 11.5 Å². The number of phenols is 2. The molecule has 111 valence electrons. The van der Waals surface area contributed by atoms with Crippen LogP contribution in [0.4, 0.5) is 0 Å². The maximum atomic E-state index is 9.67. The number of hydrogen-bond donors (Lipinski definition) is 4. The number of aromatic hydroxyl groups is 2. The Bertz CT molecular complexity index is 622. The third-order valence-electron chi connectivity index (χ3n) is 2.83. The Kier molecular flexibility index (Phi) is 5.89. The van der Waals surface area contributed by atoms with Crippen molar-refractivity contribution in [1.82, 2.24) is 0 Å². The number of nitrogens with two attached hydrogens (primary N) is 2. The number of benzene rings is 2. The van der Waals surface area contributed by atoms with Gasteiger partial charge in [0.15, 0.2) is 0 Å². The summed E-state index contributed by atoms with van der Waals surface area (Å²) in [6.45, 7) is 0. The minimum Gasteiger partial charge on any atom is -0.507 e. The van der Waals surface area contributed by atoms with E-state index in [0.717, 1.165) is 0 Å². The van der Waals surface area contributed by atoms with Gasteiger partial charge in [0.25, 0.3) is 0 Å². The van der Waals surface area contributed by atoms with Crippen molar-refractivity contribution in [2.24, 2.45) is 11.5 Å². The molecule has 4 nitrogen and oxygen atoms in total. The molecule has 0 amide bonds. The normalized spacial score (nSPS) is 11.8. The van der Waals surface area contributed by atoms with Gasteiger partial charge in [-0.05, 0) is 24.3 Å². The van der Waals surface area contributed by atoms with E-state index in [1.807, 2.05) is 0 Å². The van der Waals surface area contributed by atoms with E-state index in [1.165, 1.54) is 0 Å². The predicted molar refractivity (Wildman–Crippen MR) is 80.5 cm³/mol. The van der Waals surface area contributed by atoms with Crippen LogP contribution in [0, 0.1) is 0 Å². The van der Waals surface area contributed by atoms with Gasteiger partial charge in [-0.2, -0.15) is 0 Å². The molecule has 0 aliphatic rings. The van der Waals surface area contributed by atoms with Crippen LogP contribution in [0.2, 0.25) is 0 Å². The molecular formula is C16H16CoN2O2. The summed E-state index contributed by atoms with van der Waals surface area (Å²) in [5.74, 6) is 0.261. The molecule has 2 aromatic rings. The van der Waals surface area contributed by atoms with Crippen LogP contribution in [-0.4, -0.2) is 10.2 Å². The zero-order valence-corrected chi connectivity index (χ0v) is 12.2. The molecule has 0 unspecified atom stereocenters. The summed E-state index contributed by atoms with van der Waals surface area (Å²) in [5.41, 5.74) is 13.6. The topological polar surface area (TPSA) is 92.5 Å². The van der Waals surface area contributed by atoms with Crippen LogP contribution in [0.15, 0.2) is 59.9 Å². The molecule has 0 atom stereocenters. The van der Waals surface area contributed by atoms with Gasteiger partial charge in [0.05, 0.1) is 11.4 Å². The molecule has 1 radical (unpaired) electrons. The third kappa shape index (κ3) is 4.30. The number of para-hydroxylation sites is 2. The maximum Gasteiger partial charge on any atom is 0.122 e. The van der Waals surface area contributed by atoms with E-state index in [4.69, 9.17) is 11.5 Å². The van der Waals surface area contributed by atoms with E-state index in [9.17, 15) is 10.2 Å². The van der Waals surface area contributed by atoms with Crippen molar-refractivity contribution in [1.29, 1.82) is 0 Å². The smallest absolute Gasteiger partial charge is 0.122 e. The number of hydrogen-bond acceptors (Lipinski definition) is 4. The summed E-state index contributed by atoms with van der Waals surface area (Å²) >= 11 is 0. The summed E-state index contributed by atoms with van der Waals surface area (Å²) in [5, 5.41) is 19.3. The Hall–Kier alpha value is -2.37. The molecule has 0 fully saturated rings. The predicted octanol–water partition coefficient (Wildman–Crippen LogP) is 2.39. The summed E-state index contributed by atoms with van der Waals surface area (Å²) in [4.78, 5) is 0. The molecule has 0 saturated heterocycles. The summed E-state index contributed by atoms with van der Waals surface area (Å²) < 4.78 is 0. The van der Waals surface area contributed by atoms with Crippen LogP contribution < -0.4 is 11.5 Å². The van der Waals surface area contributed by atoms with Gasteiger partial charge in [0.2, 0.25) is 0 Å². The van der Waals surface area contributed by atoms with Gasteiger partial charge in [-0.25, -0.2) is 0 Å². The van der Waals surface area contributed by atoms with Crippen molar-refractivity contribution in [3.8, 4) is 11.5 Å². The number of phenolic OH excluding ortho intramolecular Hbond substituents is 2. The molecule has 2 aromatic carbocycles. The Labute approximate surface area is 133 Å². The second-order valence-corrected chi connectivity index (χ2v) is 4.32. The first-order chi connectivity index (χ1) is 9.58. The first-order valence-electron chi connectivity index (χ1n) is 6.08. The monoisotopic (exact) mass is 327 g/mol. The standard InChI is InChI=1S/C16H16N2O2.Co/c17-13(9-11-5-1-3-7-15(11)19)14(18)10-12-6-2-4-8-16(12)20;/h1-10,19-20H,17-18H2;. The fraction of sp³-hybridized carbons (Fsp3) is 0. The minimum atomic E-state index is 0. The van der Waals surface area contributed by atoms with Gasteiger partial charge >= 0.3 is 0 Å². The molecule has 21 heavy (non-hydrogen) atoms. The maximum absolute atomic E-state index is 9.67. The largest absolute Gasteiger partial charge is 0.507 e. The van der Waals surface area contributed by atoms with Crippen molar-refractivity contribution in [3.63, 3.8) is 0 Å². The second-order valence-electron chi connectivity index (χ2n) is 4.32. The molecule has 2 rings (SSSR count). The van der Waals surface area contributed by atoms with E-state index in [0.29, 0.717) is 22.5 Å². The molecule has 0 spiro atoms. The molecule has 0 aromatic heterocycles. The molecule has 6 N–H and O–H groups in total.